The third-order valence-corrected chi connectivity index (χ3v) is 3.54. The van der Waals surface area contributed by atoms with Crippen LogP contribution in [0.1, 0.15) is 24.4 Å². The van der Waals surface area contributed by atoms with E-state index in [0.29, 0.717) is 24.0 Å². The lowest BCUT2D eigenvalue weighted by molar-refractivity contribution is 0.216. The third-order valence-electron chi connectivity index (χ3n) is 3.54. The zero-order valence-corrected chi connectivity index (χ0v) is 12.1. The van der Waals surface area contributed by atoms with E-state index >= 15 is 0 Å². The zero-order chi connectivity index (χ0) is 14.7. The van der Waals surface area contributed by atoms with Gasteiger partial charge in [-0.25, -0.2) is 0 Å². The molecule has 0 aliphatic carbocycles. The summed E-state index contributed by atoms with van der Waals surface area (Å²) in [6, 6.07) is 14.2. The topological polar surface area (TPSA) is 55.3 Å². The van der Waals surface area contributed by atoms with E-state index in [1.165, 1.54) is 5.56 Å². The van der Waals surface area contributed by atoms with Gasteiger partial charge >= 0.3 is 0 Å². The number of rotatable bonds is 5. The SMILES string of the molecule is CC(c1ccccc1)N(C)Cc1nc(-c2ccco2)no1. The Morgan fingerprint density at radius 2 is 1.95 bits per heavy atom. The van der Waals surface area contributed by atoms with Crippen molar-refractivity contribution in [2.75, 3.05) is 7.05 Å². The van der Waals surface area contributed by atoms with Gasteiger partial charge in [0, 0.05) is 6.04 Å². The first kappa shape index (κ1) is 13.6. The molecule has 0 fully saturated rings. The van der Waals surface area contributed by atoms with Crippen LogP contribution >= 0.6 is 0 Å². The van der Waals surface area contributed by atoms with E-state index in [2.05, 4.69) is 34.1 Å². The Morgan fingerprint density at radius 3 is 2.67 bits per heavy atom. The van der Waals surface area contributed by atoms with Gasteiger partial charge in [-0.3, -0.25) is 4.90 Å². The van der Waals surface area contributed by atoms with Crippen LogP contribution in [0.5, 0.6) is 0 Å². The number of nitrogens with zero attached hydrogens (tertiary/aromatic N) is 3. The molecular formula is C16H17N3O2. The second-order valence-electron chi connectivity index (χ2n) is 4.99. The quantitative estimate of drug-likeness (QED) is 0.717. The van der Waals surface area contributed by atoms with Gasteiger partial charge in [0.05, 0.1) is 12.8 Å². The average Bonchev–Trinajstić information content (AvgIpc) is 3.18. The number of hydrogen-bond acceptors (Lipinski definition) is 5. The van der Waals surface area contributed by atoms with E-state index in [0.717, 1.165) is 0 Å². The van der Waals surface area contributed by atoms with Crippen molar-refractivity contribution in [3.05, 3.63) is 60.2 Å². The van der Waals surface area contributed by atoms with Gasteiger partial charge in [0.25, 0.3) is 0 Å². The standard InChI is InChI=1S/C16H17N3O2/c1-12(13-7-4-3-5-8-13)19(2)11-15-17-16(18-21-15)14-9-6-10-20-14/h3-10,12H,11H2,1-2H3. The molecule has 5 nitrogen and oxygen atoms in total. The van der Waals surface area contributed by atoms with Crippen LogP contribution in [0.4, 0.5) is 0 Å². The molecule has 2 aromatic heterocycles. The predicted molar refractivity (Wildman–Crippen MR) is 78.3 cm³/mol. The summed E-state index contributed by atoms with van der Waals surface area (Å²) >= 11 is 0. The Bertz CT molecular complexity index is 677. The van der Waals surface area contributed by atoms with Gasteiger partial charge in [-0.2, -0.15) is 4.98 Å². The molecule has 108 valence electrons. The molecule has 0 aliphatic heterocycles. The summed E-state index contributed by atoms with van der Waals surface area (Å²) in [5.74, 6) is 1.67. The zero-order valence-electron chi connectivity index (χ0n) is 12.1. The van der Waals surface area contributed by atoms with Gasteiger partial charge < -0.3 is 8.94 Å². The first-order chi connectivity index (χ1) is 10.2. The van der Waals surface area contributed by atoms with Crippen LogP contribution in [0.15, 0.2) is 57.7 Å². The molecule has 0 spiro atoms. The number of aromatic nitrogens is 2. The molecule has 0 amide bonds. The molecule has 1 unspecified atom stereocenters. The van der Waals surface area contributed by atoms with Crippen LogP contribution in [0.3, 0.4) is 0 Å². The Kier molecular flexibility index (Phi) is 3.83. The first-order valence-corrected chi connectivity index (χ1v) is 6.85. The molecule has 0 bridgehead atoms. The largest absolute Gasteiger partial charge is 0.461 e. The lowest BCUT2D eigenvalue weighted by Crippen LogP contribution is -2.22. The number of benzene rings is 1. The molecule has 21 heavy (non-hydrogen) atoms. The van der Waals surface area contributed by atoms with Crippen LogP contribution in [0.25, 0.3) is 11.6 Å². The van der Waals surface area contributed by atoms with Crippen LogP contribution in [0, 0.1) is 0 Å². The monoisotopic (exact) mass is 283 g/mol. The minimum absolute atomic E-state index is 0.269. The Balaban J connectivity index is 1.69. The highest BCUT2D eigenvalue weighted by molar-refractivity contribution is 5.44. The second kappa shape index (κ2) is 5.93. The fourth-order valence-electron chi connectivity index (χ4n) is 2.16. The highest BCUT2D eigenvalue weighted by Crippen LogP contribution is 2.21. The molecule has 5 heteroatoms. The molecule has 0 N–H and O–H groups in total. The molecule has 2 heterocycles. The summed E-state index contributed by atoms with van der Waals surface area (Å²) in [5.41, 5.74) is 1.26. The minimum atomic E-state index is 0.269. The highest BCUT2D eigenvalue weighted by Gasteiger charge is 2.16. The maximum Gasteiger partial charge on any atom is 0.241 e. The van der Waals surface area contributed by atoms with Crippen LogP contribution in [-0.4, -0.2) is 22.1 Å². The summed E-state index contributed by atoms with van der Waals surface area (Å²) in [7, 11) is 2.04. The van der Waals surface area contributed by atoms with Crippen LogP contribution < -0.4 is 0 Å². The highest BCUT2D eigenvalue weighted by atomic mass is 16.5. The lowest BCUT2D eigenvalue weighted by Gasteiger charge is -2.23. The summed E-state index contributed by atoms with van der Waals surface area (Å²) in [6.45, 7) is 2.74. The molecule has 0 radical (unpaired) electrons. The lowest BCUT2D eigenvalue weighted by atomic mass is 10.1. The maximum atomic E-state index is 5.28. The van der Waals surface area contributed by atoms with Crippen molar-refractivity contribution < 1.29 is 8.94 Å². The van der Waals surface area contributed by atoms with Crippen LogP contribution in [-0.2, 0) is 6.54 Å². The van der Waals surface area contributed by atoms with Gasteiger partial charge in [0.1, 0.15) is 0 Å². The number of hydrogen-bond donors (Lipinski definition) is 0. The molecular weight excluding hydrogens is 266 g/mol. The Morgan fingerprint density at radius 1 is 1.14 bits per heavy atom. The summed E-state index contributed by atoms with van der Waals surface area (Å²) in [6.07, 6.45) is 1.59. The van der Waals surface area contributed by atoms with Crippen molar-refractivity contribution >= 4 is 0 Å². The minimum Gasteiger partial charge on any atom is -0.461 e. The van der Waals surface area contributed by atoms with E-state index in [9.17, 15) is 0 Å². The van der Waals surface area contributed by atoms with Crippen molar-refractivity contribution in [2.24, 2.45) is 0 Å². The van der Waals surface area contributed by atoms with Gasteiger partial charge in [-0.15, -0.1) is 0 Å². The first-order valence-electron chi connectivity index (χ1n) is 6.85. The fourth-order valence-corrected chi connectivity index (χ4v) is 2.16. The maximum absolute atomic E-state index is 5.28. The van der Waals surface area contributed by atoms with E-state index < -0.39 is 0 Å². The predicted octanol–water partition coefficient (Wildman–Crippen LogP) is 3.52. The van der Waals surface area contributed by atoms with Crippen molar-refractivity contribution in [1.29, 1.82) is 0 Å². The van der Waals surface area contributed by atoms with Crippen molar-refractivity contribution in [3.8, 4) is 11.6 Å². The van der Waals surface area contributed by atoms with E-state index in [1.54, 1.807) is 12.3 Å². The van der Waals surface area contributed by atoms with Crippen molar-refractivity contribution in [1.82, 2.24) is 15.0 Å². The van der Waals surface area contributed by atoms with Crippen molar-refractivity contribution in [3.63, 3.8) is 0 Å². The van der Waals surface area contributed by atoms with E-state index in [4.69, 9.17) is 8.94 Å². The molecule has 1 aromatic carbocycles. The Hall–Kier alpha value is -2.40. The normalized spacial score (nSPS) is 12.7. The Labute approximate surface area is 123 Å². The molecule has 3 aromatic rings. The van der Waals surface area contributed by atoms with Crippen molar-refractivity contribution in [2.45, 2.75) is 19.5 Å². The molecule has 0 aliphatic rings. The van der Waals surface area contributed by atoms with Gasteiger partial charge in [0.15, 0.2) is 5.76 Å². The molecule has 3 rings (SSSR count). The molecule has 0 saturated heterocycles. The van der Waals surface area contributed by atoms with Crippen LogP contribution in [0.2, 0.25) is 0 Å². The molecule has 0 saturated carbocycles. The van der Waals surface area contributed by atoms with Gasteiger partial charge in [0.2, 0.25) is 11.7 Å². The van der Waals surface area contributed by atoms with E-state index in [1.807, 2.05) is 31.3 Å². The summed E-state index contributed by atoms with van der Waals surface area (Å²) in [4.78, 5) is 6.52. The second-order valence-corrected chi connectivity index (χ2v) is 4.99. The van der Waals surface area contributed by atoms with Gasteiger partial charge in [-0.1, -0.05) is 35.5 Å². The summed E-state index contributed by atoms with van der Waals surface area (Å²) < 4.78 is 10.5. The molecule has 1 atom stereocenters. The van der Waals surface area contributed by atoms with E-state index in [-0.39, 0.29) is 6.04 Å². The third kappa shape index (κ3) is 3.03. The smallest absolute Gasteiger partial charge is 0.241 e. The number of furan rings is 1. The summed E-state index contributed by atoms with van der Waals surface area (Å²) in [5, 5.41) is 3.94. The fraction of sp³-hybridized carbons (Fsp3) is 0.250. The van der Waals surface area contributed by atoms with Gasteiger partial charge in [-0.05, 0) is 31.7 Å². The average molecular weight is 283 g/mol.